The molecule has 26 heavy (non-hydrogen) atoms. The van der Waals surface area contributed by atoms with Crippen LogP contribution in [0.2, 0.25) is 0 Å². The van der Waals surface area contributed by atoms with E-state index in [0.29, 0.717) is 10.8 Å². The van der Waals surface area contributed by atoms with Gasteiger partial charge in [0, 0.05) is 19.4 Å². The third kappa shape index (κ3) is 2.97. The van der Waals surface area contributed by atoms with Gasteiger partial charge < -0.3 is 4.74 Å². The molecule has 0 N–H and O–H groups in total. The van der Waals surface area contributed by atoms with Crippen molar-refractivity contribution in [3.63, 3.8) is 0 Å². The third-order valence-corrected chi connectivity index (χ3v) is 5.65. The summed E-state index contributed by atoms with van der Waals surface area (Å²) in [6.07, 6.45) is 2.37. The Morgan fingerprint density at radius 1 is 1.31 bits per heavy atom. The standard InChI is InChI=1S/C17H20N6O2S/c1-12-15(16(24)23(21(12)2)13-7-4-3-5-8-13)22-17(18-19-20-22)26-11-14-9-6-10-25-14/h3-5,7-8,14H,6,9-11H2,1-2H3. The van der Waals surface area contributed by atoms with E-state index in [1.54, 1.807) is 4.68 Å². The number of aromatic nitrogens is 6. The van der Waals surface area contributed by atoms with Crippen LogP contribution in [0.5, 0.6) is 0 Å². The Kier molecular flexibility index (Phi) is 4.64. The zero-order valence-corrected chi connectivity index (χ0v) is 15.5. The maximum Gasteiger partial charge on any atom is 0.297 e. The first-order valence-corrected chi connectivity index (χ1v) is 9.52. The van der Waals surface area contributed by atoms with E-state index in [2.05, 4.69) is 15.5 Å². The predicted molar refractivity (Wildman–Crippen MR) is 98.2 cm³/mol. The Bertz CT molecular complexity index is 956. The molecule has 0 spiro atoms. The minimum atomic E-state index is -0.150. The lowest BCUT2D eigenvalue weighted by atomic mass is 10.3. The van der Waals surface area contributed by atoms with Gasteiger partial charge in [-0.15, -0.1) is 5.10 Å². The van der Waals surface area contributed by atoms with Crippen molar-refractivity contribution < 1.29 is 4.74 Å². The Morgan fingerprint density at radius 3 is 2.85 bits per heavy atom. The summed E-state index contributed by atoms with van der Waals surface area (Å²) in [5, 5.41) is 12.6. The number of tetrazole rings is 1. The molecule has 9 heteroatoms. The average molecular weight is 372 g/mol. The van der Waals surface area contributed by atoms with Crippen LogP contribution in [0.15, 0.2) is 40.3 Å². The van der Waals surface area contributed by atoms with Crippen LogP contribution in [0, 0.1) is 6.92 Å². The first-order chi connectivity index (χ1) is 12.7. The van der Waals surface area contributed by atoms with Gasteiger partial charge in [-0.05, 0) is 42.3 Å². The minimum Gasteiger partial charge on any atom is -0.377 e. The Morgan fingerprint density at radius 2 is 2.12 bits per heavy atom. The molecule has 1 saturated heterocycles. The SMILES string of the molecule is Cc1c(-n2nnnc2SCC2CCCO2)c(=O)n(-c2ccccc2)n1C. The van der Waals surface area contributed by atoms with Crippen LogP contribution in [0.3, 0.4) is 0 Å². The highest BCUT2D eigenvalue weighted by Gasteiger charge is 2.23. The summed E-state index contributed by atoms with van der Waals surface area (Å²) >= 11 is 1.52. The van der Waals surface area contributed by atoms with Crippen LogP contribution in [-0.4, -0.2) is 48.0 Å². The monoisotopic (exact) mass is 372 g/mol. The first-order valence-electron chi connectivity index (χ1n) is 8.54. The lowest BCUT2D eigenvalue weighted by molar-refractivity contribution is 0.129. The molecule has 8 nitrogen and oxygen atoms in total. The average Bonchev–Trinajstić information content (AvgIpc) is 3.36. The zero-order chi connectivity index (χ0) is 18.1. The van der Waals surface area contributed by atoms with Crippen LogP contribution >= 0.6 is 11.8 Å². The van der Waals surface area contributed by atoms with Crippen molar-refractivity contribution in [2.45, 2.75) is 31.0 Å². The van der Waals surface area contributed by atoms with Gasteiger partial charge in [-0.3, -0.25) is 9.48 Å². The topological polar surface area (TPSA) is 79.8 Å². The van der Waals surface area contributed by atoms with Crippen molar-refractivity contribution in [3.05, 3.63) is 46.4 Å². The number of benzene rings is 1. The summed E-state index contributed by atoms with van der Waals surface area (Å²) in [6.45, 7) is 2.71. The third-order valence-electron chi connectivity index (χ3n) is 4.60. The second-order valence-electron chi connectivity index (χ2n) is 6.23. The van der Waals surface area contributed by atoms with E-state index in [9.17, 15) is 4.79 Å². The Balaban J connectivity index is 1.71. The van der Waals surface area contributed by atoms with E-state index in [4.69, 9.17) is 4.74 Å². The fourth-order valence-electron chi connectivity index (χ4n) is 3.15. The fraction of sp³-hybridized carbons (Fsp3) is 0.412. The van der Waals surface area contributed by atoms with E-state index in [-0.39, 0.29) is 11.7 Å². The molecule has 0 amide bonds. The van der Waals surface area contributed by atoms with Crippen LogP contribution in [0.4, 0.5) is 0 Å². The summed E-state index contributed by atoms with van der Waals surface area (Å²) in [7, 11) is 1.86. The van der Waals surface area contributed by atoms with E-state index in [1.165, 1.54) is 16.4 Å². The highest BCUT2D eigenvalue weighted by atomic mass is 32.2. The fourth-order valence-corrected chi connectivity index (χ4v) is 4.09. The molecule has 0 radical (unpaired) electrons. The molecule has 1 atom stereocenters. The van der Waals surface area contributed by atoms with Gasteiger partial charge in [0.1, 0.15) is 0 Å². The first kappa shape index (κ1) is 17.0. The molecule has 3 heterocycles. The summed E-state index contributed by atoms with van der Waals surface area (Å²) in [5.74, 6) is 0.777. The van der Waals surface area contributed by atoms with Crippen LogP contribution in [0.1, 0.15) is 18.5 Å². The van der Waals surface area contributed by atoms with Gasteiger partial charge >= 0.3 is 0 Å². The lowest BCUT2D eigenvalue weighted by Crippen LogP contribution is -2.22. The molecule has 0 bridgehead atoms. The van der Waals surface area contributed by atoms with Gasteiger partial charge in [-0.25, -0.2) is 4.68 Å². The molecule has 1 aliphatic rings. The molecule has 4 rings (SSSR count). The molecule has 0 saturated carbocycles. The van der Waals surface area contributed by atoms with Crippen LogP contribution in [0.25, 0.3) is 11.4 Å². The molecule has 1 aromatic carbocycles. The number of nitrogens with zero attached hydrogens (tertiary/aromatic N) is 6. The molecule has 136 valence electrons. The van der Waals surface area contributed by atoms with Gasteiger partial charge in [-0.1, -0.05) is 30.0 Å². The second kappa shape index (κ2) is 7.08. The van der Waals surface area contributed by atoms with Crippen LogP contribution in [-0.2, 0) is 11.8 Å². The lowest BCUT2D eigenvalue weighted by Gasteiger charge is -2.08. The number of thioether (sulfide) groups is 1. The van der Waals surface area contributed by atoms with Gasteiger partial charge in [0.05, 0.1) is 17.5 Å². The quantitative estimate of drug-likeness (QED) is 0.635. The molecular formula is C17H20N6O2S. The van der Waals surface area contributed by atoms with Crippen LogP contribution < -0.4 is 5.56 Å². The summed E-state index contributed by atoms with van der Waals surface area (Å²) in [5.41, 5.74) is 1.92. The van der Waals surface area contributed by atoms with Gasteiger partial charge in [-0.2, -0.15) is 4.68 Å². The second-order valence-corrected chi connectivity index (χ2v) is 7.22. The van der Waals surface area contributed by atoms with Crippen molar-refractivity contribution in [1.82, 2.24) is 29.6 Å². The molecule has 2 aromatic heterocycles. The smallest absolute Gasteiger partial charge is 0.297 e. The molecule has 3 aromatic rings. The summed E-state index contributed by atoms with van der Waals surface area (Å²) in [6, 6.07) is 9.54. The molecular weight excluding hydrogens is 352 g/mol. The molecule has 1 unspecified atom stereocenters. The van der Waals surface area contributed by atoms with Crippen molar-refractivity contribution in [1.29, 1.82) is 0 Å². The number of hydrogen-bond acceptors (Lipinski definition) is 6. The number of para-hydroxylation sites is 1. The van der Waals surface area contributed by atoms with E-state index in [0.717, 1.165) is 36.6 Å². The van der Waals surface area contributed by atoms with Crippen molar-refractivity contribution >= 4 is 11.8 Å². The summed E-state index contributed by atoms with van der Waals surface area (Å²) in [4.78, 5) is 13.1. The highest BCUT2D eigenvalue weighted by molar-refractivity contribution is 7.99. The molecule has 1 fully saturated rings. The normalized spacial score (nSPS) is 17.1. The van der Waals surface area contributed by atoms with Crippen molar-refractivity contribution in [2.75, 3.05) is 12.4 Å². The van der Waals surface area contributed by atoms with E-state index >= 15 is 0 Å². The van der Waals surface area contributed by atoms with Gasteiger partial charge in [0.15, 0.2) is 5.69 Å². The molecule has 1 aliphatic heterocycles. The Hall–Kier alpha value is -2.39. The molecule has 0 aliphatic carbocycles. The minimum absolute atomic E-state index is 0.150. The summed E-state index contributed by atoms with van der Waals surface area (Å²) < 4.78 is 10.6. The highest BCUT2D eigenvalue weighted by Crippen LogP contribution is 2.24. The maximum absolute atomic E-state index is 13.1. The van der Waals surface area contributed by atoms with E-state index < -0.39 is 0 Å². The predicted octanol–water partition coefficient (Wildman–Crippen LogP) is 1.73. The van der Waals surface area contributed by atoms with Crippen molar-refractivity contribution in [3.8, 4) is 11.4 Å². The number of ether oxygens (including phenoxy) is 1. The number of rotatable bonds is 5. The van der Waals surface area contributed by atoms with Gasteiger partial charge in [0.25, 0.3) is 5.56 Å². The van der Waals surface area contributed by atoms with Gasteiger partial charge in [0.2, 0.25) is 5.16 Å². The zero-order valence-electron chi connectivity index (χ0n) is 14.7. The Labute approximate surface area is 154 Å². The largest absolute Gasteiger partial charge is 0.377 e. The van der Waals surface area contributed by atoms with E-state index in [1.807, 2.05) is 49.0 Å². The van der Waals surface area contributed by atoms with Crippen molar-refractivity contribution in [2.24, 2.45) is 7.05 Å². The maximum atomic E-state index is 13.1. The number of hydrogen-bond donors (Lipinski definition) is 0.